The quantitative estimate of drug-likeness (QED) is 0.820. The Morgan fingerprint density at radius 3 is 3.00 bits per heavy atom. The van der Waals surface area contributed by atoms with E-state index in [-0.39, 0.29) is 24.4 Å². The molecule has 0 atom stereocenters. The molecule has 19 heavy (non-hydrogen) atoms. The number of nitriles is 1. The van der Waals surface area contributed by atoms with Crippen LogP contribution in [0.25, 0.3) is 11.0 Å². The molecule has 0 aromatic carbocycles. The molecule has 1 N–H and O–H groups in total. The smallest absolute Gasteiger partial charge is 0.359 e. The molecule has 2 rings (SSSR count). The highest BCUT2D eigenvalue weighted by molar-refractivity contribution is 6.02. The van der Waals surface area contributed by atoms with Crippen LogP contribution in [0.5, 0.6) is 0 Å². The van der Waals surface area contributed by atoms with E-state index in [0.717, 1.165) is 0 Å². The van der Waals surface area contributed by atoms with Gasteiger partial charge in [-0.1, -0.05) is 0 Å². The Morgan fingerprint density at radius 2 is 2.37 bits per heavy atom. The first-order valence-corrected chi connectivity index (χ1v) is 5.73. The fourth-order valence-corrected chi connectivity index (χ4v) is 1.91. The molecule has 0 aliphatic carbocycles. The summed E-state index contributed by atoms with van der Waals surface area (Å²) in [7, 11) is 0. The molecular formula is C12H12N4O3. The summed E-state index contributed by atoms with van der Waals surface area (Å²) in [5, 5.41) is 13.3. The van der Waals surface area contributed by atoms with E-state index in [1.807, 2.05) is 6.07 Å². The maximum absolute atomic E-state index is 11.8. The Labute approximate surface area is 108 Å². The molecule has 0 fully saturated rings. The third-order valence-corrected chi connectivity index (χ3v) is 2.63. The number of rotatable bonds is 3. The van der Waals surface area contributed by atoms with Crippen molar-refractivity contribution in [1.82, 2.24) is 14.8 Å². The van der Waals surface area contributed by atoms with Gasteiger partial charge in [0.05, 0.1) is 18.1 Å². The number of esters is 1. The van der Waals surface area contributed by atoms with Crippen molar-refractivity contribution < 1.29 is 9.53 Å². The molecule has 0 aliphatic rings. The van der Waals surface area contributed by atoms with Crippen molar-refractivity contribution in [2.45, 2.75) is 20.4 Å². The number of carbonyl (C=O) groups is 1. The number of nitrogens with one attached hydrogen (secondary N) is 1. The highest BCUT2D eigenvalue weighted by Gasteiger charge is 2.20. The third-order valence-electron chi connectivity index (χ3n) is 2.63. The number of nitrogens with zero attached hydrogens (tertiary/aromatic N) is 3. The molecule has 0 spiro atoms. The Kier molecular flexibility index (Phi) is 3.33. The first-order valence-electron chi connectivity index (χ1n) is 5.73. The number of fused-ring (bicyclic) bond motifs is 1. The second-order valence-corrected chi connectivity index (χ2v) is 3.93. The summed E-state index contributed by atoms with van der Waals surface area (Å²) in [6, 6.07) is 3.30. The SMILES string of the molecule is CCOC(=O)c1nn(CC#N)c2[nH]c(=O)cc(C)c12. The van der Waals surface area contributed by atoms with E-state index in [4.69, 9.17) is 10.00 Å². The van der Waals surface area contributed by atoms with Gasteiger partial charge in [0, 0.05) is 6.07 Å². The molecule has 0 unspecified atom stereocenters. The standard InChI is InChI=1S/C12H12N4O3/c1-3-19-12(18)10-9-7(2)6-8(17)14-11(9)16(15-10)5-4-13/h6H,3,5H2,1-2H3,(H,14,17). The minimum Gasteiger partial charge on any atom is -0.461 e. The zero-order valence-corrected chi connectivity index (χ0v) is 10.6. The van der Waals surface area contributed by atoms with Gasteiger partial charge in [-0.15, -0.1) is 0 Å². The van der Waals surface area contributed by atoms with Crippen molar-refractivity contribution in [3.63, 3.8) is 0 Å². The minimum absolute atomic E-state index is 0.0602. The van der Waals surface area contributed by atoms with E-state index in [0.29, 0.717) is 16.6 Å². The summed E-state index contributed by atoms with van der Waals surface area (Å²) < 4.78 is 6.21. The van der Waals surface area contributed by atoms with Gasteiger partial charge in [0.25, 0.3) is 0 Å². The van der Waals surface area contributed by atoms with Crippen LogP contribution in [0.3, 0.4) is 0 Å². The van der Waals surface area contributed by atoms with Gasteiger partial charge in [-0.25, -0.2) is 9.48 Å². The lowest BCUT2D eigenvalue weighted by molar-refractivity contribution is 0.0520. The Morgan fingerprint density at radius 1 is 1.63 bits per heavy atom. The summed E-state index contributed by atoms with van der Waals surface area (Å²) in [5.74, 6) is -0.570. The molecule has 2 aromatic rings. The molecule has 0 amide bonds. The second-order valence-electron chi connectivity index (χ2n) is 3.93. The lowest BCUT2D eigenvalue weighted by Crippen LogP contribution is -2.08. The first kappa shape index (κ1) is 12.8. The zero-order valence-electron chi connectivity index (χ0n) is 10.6. The number of hydrogen-bond acceptors (Lipinski definition) is 5. The molecule has 2 heterocycles. The summed E-state index contributed by atoms with van der Waals surface area (Å²) in [4.78, 5) is 25.9. The highest BCUT2D eigenvalue weighted by atomic mass is 16.5. The van der Waals surface area contributed by atoms with Gasteiger partial charge in [-0.05, 0) is 19.4 Å². The second kappa shape index (κ2) is 4.94. The van der Waals surface area contributed by atoms with Crippen LogP contribution in [0.15, 0.2) is 10.9 Å². The predicted octanol–water partition coefficient (Wildman–Crippen LogP) is 0.733. The van der Waals surface area contributed by atoms with Crippen molar-refractivity contribution in [1.29, 1.82) is 5.26 Å². The van der Waals surface area contributed by atoms with Crippen LogP contribution in [0.1, 0.15) is 23.0 Å². The predicted molar refractivity (Wildman–Crippen MR) is 66.7 cm³/mol. The van der Waals surface area contributed by atoms with E-state index in [9.17, 15) is 9.59 Å². The zero-order chi connectivity index (χ0) is 14.0. The fraction of sp³-hybridized carbons (Fsp3) is 0.333. The van der Waals surface area contributed by atoms with E-state index in [1.54, 1.807) is 13.8 Å². The molecular weight excluding hydrogens is 248 g/mol. The van der Waals surface area contributed by atoms with Gasteiger partial charge in [0.2, 0.25) is 5.56 Å². The van der Waals surface area contributed by atoms with Crippen molar-refractivity contribution in [3.8, 4) is 6.07 Å². The fourth-order valence-electron chi connectivity index (χ4n) is 1.91. The molecule has 2 aromatic heterocycles. The van der Waals surface area contributed by atoms with Gasteiger partial charge in [-0.3, -0.25) is 4.79 Å². The van der Waals surface area contributed by atoms with Crippen LogP contribution >= 0.6 is 0 Å². The van der Waals surface area contributed by atoms with Crippen LogP contribution in [0.4, 0.5) is 0 Å². The number of pyridine rings is 1. The van der Waals surface area contributed by atoms with Crippen molar-refractivity contribution >= 4 is 17.0 Å². The van der Waals surface area contributed by atoms with Gasteiger partial charge in [0.15, 0.2) is 5.69 Å². The third kappa shape index (κ3) is 2.20. The molecule has 7 nitrogen and oxygen atoms in total. The summed E-state index contributed by atoms with van der Waals surface area (Å²) in [5.41, 5.74) is 0.779. The number of aryl methyl sites for hydroxylation is 1. The van der Waals surface area contributed by atoms with Crippen molar-refractivity contribution in [2.24, 2.45) is 0 Å². The normalized spacial score (nSPS) is 10.4. The number of H-pyrrole nitrogens is 1. The molecule has 0 aliphatic heterocycles. The lowest BCUT2D eigenvalue weighted by Gasteiger charge is -1.99. The highest BCUT2D eigenvalue weighted by Crippen LogP contribution is 2.20. The number of aromatic amines is 1. The van der Waals surface area contributed by atoms with Crippen molar-refractivity contribution in [2.75, 3.05) is 6.61 Å². The lowest BCUT2D eigenvalue weighted by atomic mass is 10.1. The Balaban J connectivity index is 2.75. The average Bonchev–Trinajstić information content (AvgIpc) is 2.69. The molecule has 0 saturated carbocycles. The summed E-state index contributed by atoms with van der Waals surface area (Å²) in [6.07, 6.45) is 0. The topological polar surface area (TPSA) is 101 Å². The summed E-state index contributed by atoms with van der Waals surface area (Å²) >= 11 is 0. The Hall–Kier alpha value is -2.62. The van der Waals surface area contributed by atoms with Gasteiger partial charge in [0.1, 0.15) is 12.2 Å². The van der Waals surface area contributed by atoms with E-state index in [1.165, 1.54) is 10.7 Å². The van der Waals surface area contributed by atoms with Gasteiger partial charge < -0.3 is 9.72 Å². The first-order chi connectivity index (χ1) is 9.08. The maximum Gasteiger partial charge on any atom is 0.359 e. The monoisotopic (exact) mass is 260 g/mol. The van der Waals surface area contributed by atoms with Crippen LogP contribution in [0.2, 0.25) is 0 Å². The maximum atomic E-state index is 11.8. The Bertz CT molecular complexity index is 736. The molecule has 0 bridgehead atoms. The number of ether oxygens (including phenoxy) is 1. The largest absolute Gasteiger partial charge is 0.461 e. The van der Waals surface area contributed by atoms with Gasteiger partial charge >= 0.3 is 5.97 Å². The number of hydrogen-bond donors (Lipinski definition) is 1. The van der Waals surface area contributed by atoms with Crippen LogP contribution in [0, 0.1) is 18.3 Å². The van der Waals surface area contributed by atoms with Crippen LogP contribution < -0.4 is 5.56 Å². The van der Waals surface area contributed by atoms with Crippen LogP contribution in [-0.4, -0.2) is 27.3 Å². The number of carbonyl (C=O) groups excluding carboxylic acids is 1. The van der Waals surface area contributed by atoms with Gasteiger partial charge in [-0.2, -0.15) is 10.4 Å². The molecule has 98 valence electrons. The minimum atomic E-state index is -0.570. The molecule has 7 heteroatoms. The molecule has 0 radical (unpaired) electrons. The van der Waals surface area contributed by atoms with E-state index < -0.39 is 5.97 Å². The van der Waals surface area contributed by atoms with Crippen molar-refractivity contribution in [3.05, 3.63) is 27.7 Å². The van der Waals surface area contributed by atoms with E-state index >= 15 is 0 Å². The summed E-state index contributed by atoms with van der Waals surface area (Å²) in [6.45, 7) is 3.57. The molecule has 0 saturated heterocycles. The van der Waals surface area contributed by atoms with Crippen LogP contribution in [-0.2, 0) is 11.3 Å². The van der Waals surface area contributed by atoms with E-state index in [2.05, 4.69) is 10.1 Å². The average molecular weight is 260 g/mol. The number of aromatic nitrogens is 3.